The van der Waals surface area contributed by atoms with Crippen LogP contribution in [0, 0.1) is 0 Å². The molecule has 0 aliphatic carbocycles. The third-order valence-corrected chi connectivity index (χ3v) is 3.99. The summed E-state index contributed by atoms with van der Waals surface area (Å²) in [7, 11) is 0. The van der Waals surface area contributed by atoms with Gasteiger partial charge in [0.15, 0.2) is 5.69 Å². The summed E-state index contributed by atoms with van der Waals surface area (Å²) >= 11 is 11.9. The summed E-state index contributed by atoms with van der Waals surface area (Å²) in [5.74, 6) is 0.806. The smallest absolute Gasteiger partial charge is 0.271 e. The molecule has 25 heavy (non-hydrogen) atoms. The van der Waals surface area contributed by atoms with E-state index < -0.39 is 0 Å². The molecule has 6 nitrogen and oxygen atoms in total. The normalized spacial score (nSPS) is 10.4. The standard InChI is InChI=1S/C17H20Cl2N4O2/c1-3-23(4-2)17-21-11-14(19)15(22-17)16(24)20-9-10-25-13-7-5-12(18)6-8-13/h5-8,11H,3-4,9-10H2,1-2H3,(H,20,24). The monoisotopic (exact) mass is 382 g/mol. The van der Waals surface area contributed by atoms with Crippen molar-refractivity contribution in [3.8, 4) is 5.75 Å². The second kappa shape index (κ2) is 9.44. The van der Waals surface area contributed by atoms with Crippen molar-refractivity contribution in [2.75, 3.05) is 31.1 Å². The zero-order valence-corrected chi connectivity index (χ0v) is 15.6. The van der Waals surface area contributed by atoms with Crippen molar-refractivity contribution < 1.29 is 9.53 Å². The van der Waals surface area contributed by atoms with Gasteiger partial charge in [-0.15, -0.1) is 0 Å². The summed E-state index contributed by atoms with van der Waals surface area (Å²) in [6, 6.07) is 7.01. The van der Waals surface area contributed by atoms with Crippen LogP contribution in [0.15, 0.2) is 30.5 Å². The van der Waals surface area contributed by atoms with Gasteiger partial charge in [-0.1, -0.05) is 23.2 Å². The van der Waals surface area contributed by atoms with Crippen LogP contribution < -0.4 is 15.0 Å². The van der Waals surface area contributed by atoms with Crippen LogP contribution in [0.2, 0.25) is 10.0 Å². The number of benzene rings is 1. The van der Waals surface area contributed by atoms with E-state index in [1.54, 1.807) is 24.3 Å². The fraction of sp³-hybridized carbons (Fsp3) is 0.353. The molecule has 0 radical (unpaired) electrons. The van der Waals surface area contributed by atoms with Gasteiger partial charge in [-0.25, -0.2) is 9.97 Å². The van der Waals surface area contributed by atoms with E-state index in [1.807, 2.05) is 18.7 Å². The lowest BCUT2D eigenvalue weighted by Gasteiger charge is -2.19. The number of aromatic nitrogens is 2. The fourth-order valence-corrected chi connectivity index (χ4v) is 2.43. The third kappa shape index (κ3) is 5.47. The number of carbonyl (C=O) groups excluding carboxylic acids is 1. The number of rotatable bonds is 8. The largest absolute Gasteiger partial charge is 0.492 e. The number of nitrogens with zero attached hydrogens (tertiary/aromatic N) is 3. The van der Waals surface area contributed by atoms with Crippen molar-refractivity contribution >= 4 is 35.1 Å². The number of hydrogen-bond acceptors (Lipinski definition) is 5. The number of hydrogen-bond donors (Lipinski definition) is 1. The highest BCUT2D eigenvalue weighted by molar-refractivity contribution is 6.33. The maximum atomic E-state index is 12.3. The van der Waals surface area contributed by atoms with Gasteiger partial charge in [0.2, 0.25) is 5.95 Å². The molecule has 1 amide bonds. The average molecular weight is 383 g/mol. The van der Waals surface area contributed by atoms with Crippen LogP contribution in [0.5, 0.6) is 5.75 Å². The molecule has 0 spiro atoms. The molecule has 8 heteroatoms. The van der Waals surface area contributed by atoms with Gasteiger partial charge < -0.3 is 15.0 Å². The first-order valence-electron chi connectivity index (χ1n) is 7.99. The third-order valence-electron chi connectivity index (χ3n) is 3.46. The van der Waals surface area contributed by atoms with Crippen molar-refractivity contribution in [2.24, 2.45) is 0 Å². The highest BCUT2D eigenvalue weighted by atomic mass is 35.5. The molecule has 1 aromatic carbocycles. The molecule has 1 N–H and O–H groups in total. The summed E-state index contributed by atoms with van der Waals surface area (Å²) in [6.45, 7) is 6.12. The summed E-state index contributed by atoms with van der Waals surface area (Å²) in [6.07, 6.45) is 1.45. The Balaban J connectivity index is 1.91. The van der Waals surface area contributed by atoms with Gasteiger partial charge in [0.05, 0.1) is 17.8 Å². The first kappa shape index (κ1) is 19.3. The van der Waals surface area contributed by atoms with Gasteiger partial charge in [-0.2, -0.15) is 0 Å². The summed E-state index contributed by atoms with van der Waals surface area (Å²) in [5, 5.41) is 3.60. The van der Waals surface area contributed by atoms with Gasteiger partial charge in [0.1, 0.15) is 12.4 Å². The SMILES string of the molecule is CCN(CC)c1ncc(Cl)c(C(=O)NCCOc2ccc(Cl)cc2)n1. The lowest BCUT2D eigenvalue weighted by molar-refractivity contribution is 0.0942. The van der Waals surface area contributed by atoms with E-state index in [2.05, 4.69) is 15.3 Å². The number of halogens is 2. The zero-order chi connectivity index (χ0) is 18.2. The summed E-state index contributed by atoms with van der Waals surface area (Å²) in [5.41, 5.74) is 0.157. The molecule has 0 bridgehead atoms. The van der Waals surface area contributed by atoms with Gasteiger partial charge in [0, 0.05) is 18.1 Å². The maximum Gasteiger partial charge on any atom is 0.271 e. The molecule has 0 unspecified atom stereocenters. The number of ether oxygens (including phenoxy) is 1. The van der Waals surface area contributed by atoms with Crippen molar-refractivity contribution in [1.82, 2.24) is 15.3 Å². The lowest BCUT2D eigenvalue weighted by atomic mass is 10.3. The van der Waals surface area contributed by atoms with Crippen molar-refractivity contribution in [2.45, 2.75) is 13.8 Å². The van der Waals surface area contributed by atoms with E-state index >= 15 is 0 Å². The maximum absolute atomic E-state index is 12.3. The number of nitrogens with one attached hydrogen (secondary N) is 1. The van der Waals surface area contributed by atoms with Gasteiger partial charge in [-0.3, -0.25) is 4.79 Å². The predicted octanol–water partition coefficient (Wildman–Crippen LogP) is 3.44. The molecule has 0 saturated carbocycles. The first-order chi connectivity index (χ1) is 12.0. The molecule has 2 rings (SSSR count). The van der Waals surface area contributed by atoms with Crippen molar-refractivity contribution in [3.63, 3.8) is 0 Å². The highest BCUT2D eigenvalue weighted by Crippen LogP contribution is 2.17. The molecule has 0 atom stereocenters. The zero-order valence-electron chi connectivity index (χ0n) is 14.1. The summed E-state index contributed by atoms with van der Waals surface area (Å²) < 4.78 is 5.53. The minimum absolute atomic E-state index is 0.157. The number of anilines is 1. The van der Waals surface area contributed by atoms with Crippen LogP contribution in [0.4, 0.5) is 5.95 Å². The quantitative estimate of drug-likeness (QED) is 0.708. The molecular weight excluding hydrogens is 363 g/mol. The average Bonchev–Trinajstić information content (AvgIpc) is 2.62. The Bertz CT molecular complexity index is 706. The minimum atomic E-state index is -0.361. The molecule has 0 saturated heterocycles. The Labute approximate surface area is 157 Å². The van der Waals surface area contributed by atoms with Crippen LogP contribution in [0.1, 0.15) is 24.3 Å². The van der Waals surface area contributed by atoms with Crippen LogP contribution in [0.3, 0.4) is 0 Å². The van der Waals surface area contributed by atoms with Crippen molar-refractivity contribution in [1.29, 1.82) is 0 Å². The molecular formula is C17H20Cl2N4O2. The van der Waals surface area contributed by atoms with Gasteiger partial charge >= 0.3 is 0 Å². The Hall–Kier alpha value is -2.05. The fourth-order valence-electron chi connectivity index (χ4n) is 2.12. The van der Waals surface area contributed by atoms with Gasteiger partial charge in [-0.05, 0) is 38.1 Å². The highest BCUT2D eigenvalue weighted by Gasteiger charge is 2.16. The predicted molar refractivity (Wildman–Crippen MR) is 99.9 cm³/mol. The van der Waals surface area contributed by atoms with E-state index in [9.17, 15) is 4.79 Å². The van der Waals surface area contributed by atoms with E-state index in [1.165, 1.54) is 6.20 Å². The van der Waals surface area contributed by atoms with E-state index in [0.29, 0.717) is 29.9 Å². The van der Waals surface area contributed by atoms with E-state index in [0.717, 1.165) is 13.1 Å². The number of carbonyl (C=O) groups is 1. The Morgan fingerprint density at radius 1 is 1.20 bits per heavy atom. The Morgan fingerprint density at radius 3 is 2.52 bits per heavy atom. The van der Waals surface area contributed by atoms with E-state index in [-0.39, 0.29) is 16.6 Å². The molecule has 1 aromatic heterocycles. The number of amides is 1. The lowest BCUT2D eigenvalue weighted by Crippen LogP contribution is -2.30. The molecule has 0 aliphatic rings. The molecule has 1 heterocycles. The minimum Gasteiger partial charge on any atom is -0.492 e. The Kier molecular flexibility index (Phi) is 7.28. The topological polar surface area (TPSA) is 67.4 Å². The molecule has 0 aliphatic heterocycles. The molecule has 134 valence electrons. The molecule has 2 aromatic rings. The van der Waals surface area contributed by atoms with Crippen LogP contribution in [-0.4, -0.2) is 42.1 Å². The van der Waals surface area contributed by atoms with Crippen LogP contribution in [-0.2, 0) is 0 Å². The second-order valence-corrected chi connectivity index (χ2v) is 5.94. The van der Waals surface area contributed by atoms with Crippen LogP contribution >= 0.6 is 23.2 Å². The second-order valence-electron chi connectivity index (χ2n) is 5.10. The first-order valence-corrected chi connectivity index (χ1v) is 8.74. The van der Waals surface area contributed by atoms with Crippen molar-refractivity contribution in [3.05, 3.63) is 46.2 Å². The van der Waals surface area contributed by atoms with E-state index in [4.69, 9.17) is 27.9 Å². The Morgan fingerprint density at radius 2 is 1.88 bits per heavy atom. The van der Waals surface area contributed by atoms with Crippen LogP contribution in [0.25, 0.3) is 0 Å². The van der Waals surface area contributed by atoms with Gasteiger partial charge in [0.25, 0.3) is 5.91 Å². The summed E-state index contributed by atoms with van der Waals surface area (Å²) in [4.78, 5) is 22.7. The molecule has 0 fully saturated rings.